The van der Waals surface area contributed by atoms with Gasteiger partial charge in [0.05, 0.1) is 18.4 Å². The van der Waals surface area contributed by atoms with Crippen LogP contribution in [0.25, 0.3) is 11.2 Å². The van der Waals surface area contributed by atoms with E-state index < -0.39 is 11.9 Å². The van der Waals surface area contributed by atoms with Crippen LogP contribution in [-0.4, -0.2) is 60.5 Å². The Hall–Kier alpha value is -7.67. The van der Waals surface area contributed by atoms with Crippen LogP contribution < -0.4 is 21.7 Å². The first-order valence-corrected chi connectivity index (χ1v) is 20.1. The molecule has 1 atom stereocenters. The quantitative estimate of drug-likeness (QED) is 0.0914. The first kappa shape index (κ1) is 41.5. The molecule has 13 nitrogen and oxygen atoms in total. The predicted molar refractivity (Wildman–Crippen MR) is 237 cm³/mol. The lowest BCUT2D eigenvalue weighted by atomic mass is 10.1. The Morgan fingerprint density at radius 3 is 1.61 bits per heavy atom. The van der Waals surface area contributed by atoms with Crippen molar-refractivity contribution >= 4 is 46.3 Å². The summed E-state index contributed by atoms with van der Waals surface area (Å²) in [5.74, 6) is -0.664. The molecule has 0 saturated heterocycles. The minimum Gasteiger partial charge on any atom is -0.382 e. The van der Waals surface area contributed by atoms with Gasteiger partial charge in [-0.25, -0.2) is 9.97 Å². The Bertz CT molecular complexity index is 2460. The van der Waals surface area contributed by atoms with E-state index in [1.165, 1.54) is 0 Å². The highest BCUT2D eigenvalue weighted by atomic mass is 16.2. The Kier molecular flexibility index (Phi) is 13.5. The third-order valence-corrected chi connectivity index (χ3v) is 10.3. The number of carbonyl (C=O) groups excluding carboxylic acids is 3. The van der Waals surface area contributed by atoms with Crippen LogP contribution in [0.5, 0.6) is 0 Å². The average molecular weight is 813 g/mol. The SMILES string of the molecule is CN(Cc1cnc2nc(N)nc(N)c2n1)c1ccc(C(=O)NC(CCC(=O)N(Cc2ccccc2)Cc2ccccc2)C(=O)N(Cc2ccccc2)Cc2ccccc2)cc1. The third kappa shape index (κ3) is 11.3. The van der Waals surface area contributed by atoms with Crippen molar-refractivity contribution < 1.29 is 14.4 Å². The molecule has 2 aromatic heterocycles. The average Bonchev–Trinajstić information content (AvgIpc) is 3.28. The molecule has 0 aliphatic heterocycles. The van der Waals surface area contributed by atoms with E-state index in [4.69, 9.17) is 11.5 Å². The summed E-state index contributed by atoms with van der Waals surface area (Å²) in [5, 5.41) is 3.03. The maximum Gasteiger partial charge on any atom is 0.251 e. The number of fused-ring (bicyclic) bond motifs is 1. The van der Waals surface area contributed by atoms with Gasteiger partial charge >= 0.3 is 0 Å². The first-order valence-electron chi connectivity index (χ1n) is 20.1. The van der Waals surface area contributed by atoms with Gasteiger partial charge < -0.3 is 31.5 Å². The van der Waals surface area contributed by atoms with Crippen molar-refractivity contribution in [2.45, 2.75) is 51.6 Å². The topological polar surface area (TPSA) is 177 Å². The zero-order chi connectivity index (χ0) is 42.6. The minimum absolute atomic E-state index is 0.0264. The summed E-state index contributed by atoms with van der Waals surface area (Å²) in [5.41, 5.74) is 18.1. The molecule has 2 heterocycles. The summed E-state index contributed by atoms with van der Waals surface area (Å²) in [6.45, 7) is 1.82. The van der Waals surface area contributed by atoms with Crippen molar-refractivity contribution in [3.63, 3.8) is 0 Å². The molecule has 0 aliphatic rings. The number of hydrogen-bond acceptors (Lipinski definition) is 10. The number of rotatable bonds is 17. The number of nitrogen functional groups attached to an aromatic ring is 2. The van der Waals surface area contributed by atoms with Crippen molar-refractivity contribution in [3.8, 4) is 0 Å². The molecule has 5 aromatic carbocycles. The second kappa shape index (κ2) is 19.9. The lowest BCUT2D eigenvalue weighted by molar-refractivity contribution is -0.136. The number of carbonyl (C=O) groups is 3. The molecular weight excluding hydrogens is 765 g/mol. The molecular formula is C48H48N10O3. The Morgan fingerprint density at radius 1 is 0.607 bits per heavy atom. The highest BCUT2D eigenvalue weighted by Crippen LogP contribution is 2.21. The highest BCUT2D eigenvalue weighted by molar-refractivity contribution is 5.98. The number of nitrogens with zero attached hydrogens (tertiary/aromatic N) is 7. The van der Waals surface area contributed by atoms with Gasteiger partial charge in [0.25, 0.3) is 5.91 Å². The summed E-state index contributed by atoms with van der Waals surface area (Å²) < 4.78 is 0. The second-order valence-corrected chi connectivity index (χ2v) is 14.9. The standard InChI is InChI=1S/C48H48N10O3/c1-56(33-39-28-51-45-43(52-39)44(49)54-48(50)55-45)40-24-22-38(23-25-40)46(60)53-41(47(61)58(31-36-18-10-4-11-19-36)32-37-20-12-5-13-21-37)26-27-42(59)57(29-34-14-6-2-7-15-34)30-35-16-8-3-9-17-35/h2-25,28,41H,26-27,29-33H2,1H3,(H,53,60)(H4,49,50,51,54,55). The normalized spacial score (nSPS) is 11.4. The van der Waals surface area contributed by atoms with Crippen LogP contribution in [-0.2, 0) is 42.3 Å². The first-order chi connectivity index (χ1) is 29.7. The molecule has 308 valence electrons. The second-order valence-electron chi connectivity index (χ2n) is 14.9. The molecule has 0 saturated carbocycles. The molecule has 13 heteroatoms. The van der Waals surface area contributed by atoms with Crippen LogP contribution in [0.15, 0.2) is 152 Å². The van der Waals surface area contributed by atoms with E-state index in [1.54, 1.807) is 28.1 Å². The van der Waals surface area contributed by atoms with E-state index in [9.17, 15) is 14.4 Å². The number of benzene rings is 5. The molecule has 1 unspecified atom stereocenters. The van der Waals surface area contributed by atoms with Crippen LogP contribution in [0.2, 0.25) is 0 Å². The van der Waals surface area contributed by atoms with Gasteiger partial charge in [-0.05, 0) is 52.9 Å². The molecule has 3 amide bonds. The van der Waals surface area contributed by atoms with Gasteiger partial charge in [-0.15, -0.1) is 0 Å². The Morgan fingerprint density at radius 2 is 1.10 bits per heavy atom. The Balaban J connectivity index is 1.11. The van der Waals surface area contributed by atoms with Gasteiger partial charge in [0.15, 0.2) is 17.0 Å². The number of amides is 3. The molecule has 7 aromatic rings. The van der Waals surface area contributed by atoms with E-state index in [2.05, 4.69) is 25.3 Å². The fraction of sp³-hybridized carbons (Fsp3) is 0.188. The minimum atomic E-state index is -1.00. The molecule has 0 radical (unpaired) electrons. The largest absolute Gasteiger partial charge is 0.382 e. The van der Waals surface area contributed by atoms with E-state index in [0.29, 0.717) is 55.1 Å². The monoisotopic (exact) mass is 812 g/mol. The van der Waals surface area contributed by atoms with Crippen molar-refractivity contribution in [3.05, 3.63) is 185 Å². The van der Waals surface area contributed by atoms with E-state index in [0.717, 1.165) is 27.9 Å². The Labute approximate surface area is 355 Å². The van der Waals surface area contributed by atoms with Crippen molar-refractivity contribution in [2.75, 3.05) is 23.4 Å². The molecule has 0 spiro atoms. The van der Waals surface area contributed by atoms with Gasteiger partial charge in [-0.3, -0.25) is 14.4 Å². The summed E-state index contributed by atoms with van der Waals surface area (Å²) in [7, 11) is 1.89. The number of aromatic nitrogens is 4. The zero-order valence-electron chi connectivity index (χ0n) is 34.0. The lowest BCUT2D eigenvalue weighted by Gasteiger charge is -2.29. The molecule has 0 bridgehead atoms. The fourth-order valence-electron chi connectivity index (χ4n) is 7.07. The van der Waals surface area contributed by atoms with Crippen molar-refractivity contribution in [1.82, 2.24) is 35.1 Å². The fourth-order valence-corrected chi connectivity index (χ4v) is 7.07. The van der Waals surface area contributed by atoms with Gasteiger partial charge in [0, 0.05) is 50.9 Å². The van der Waals surface area contributed by atoms with E-state index in [1.807, 2.05) is 145 Å². The van der Waals surface area contributed by atoms with Crippen LogP contribution in [0.3, 0.4) is 0 Å². The van der Waals surface area contributed by atoms with Crippen molar-refractivity contribution in [1.29, 1.82) is 0 Å². The zero-order valence-corrected chi connectivity index (χ0v) is 34.0. The van der Waals surface area contributed by atoms with Crippen LogP contribution in [0, 0.1) is 0 Å². The van der Waals surface area contributed by atoms with Crippen LogP contribution in [0.1, 0.15) is 51.1 Å². The maximum atomic E-state index is 14.8. The van der Waals surface area contributed by atoms with E-state index in [-0.39, 0.29) is 36.4 Å². The molecule has 61 heavy (non-hydrogen) atoms. The van der Waals surface area contributed by atoms with Crippen molar-refractivity contribution in [2.24, 2.45) is 0 Å². The van der Waals surface area contributed by atoms with Gasteiger partial charge in [0.1, 0.15) is 6.04 Å². The highest BCUT2D eigenvalue weighted by Gasteiger charge is 2.29. The third-order valence-electron chi connectivity index (χ3n) is 10.3. The molecule has 0 aliphatic carbocycles. The summed E-state index contributed by atoms with van der Waals surface area (Å²) in [4.78, 5) is 65.5. The van der Waals surface area contributed by atoms with Gasteiger partial charge in [0.2, 0.25) is 17.8 Å². The predicted octanol–water partition coefficient (Wildman–Crippen LogP) is 6.56. The number of anilines is 3. The number of nitrogens with two attached hydrogens (primary N) is 2. The van der Waals surface area contributed by atoms with Crippen LogP contribution in [0.4, 0.5) is 17.5 Å². The van der Waals surface area contributed by atoms with E-state index >= 15 is 0 Å². The summed E-state index contributed by atoms with van der Waals surface area (Å²) >= 11 is 0. The summed E-state index contributed by atoms with van der Waals surface area (Å²) in [6, 6.07) is 45.2. The van der Waals surface area contributed by atoms with Crippen LogP contribution >= 0.6 is 0 Å². The molecule has 5 N–H and O–H groups in total. The molecule has 0 fully saturated rings. The number of hydrogen-bond donors (Lipinski definition) is 3. The lowest BCUT2D eigenvalue weighted by Crippen LogP contribution is -2.48. The van der Waals surface area contributed by atoms with Gasteiger partial charge in [-0.1, -0.05) is 121 Å². The molecule has 7 rings (SSSR count). The number of nitrogens with one attached hydrogen (secondary N) is 1. The van der Waals surface area contributed by atoms with Gasteiger partial charge in [-0.2, -0.15) is 9.97 Å². The maximum absolute atomic E-state index is 14.8. The smallest absolute Gasteiger partial charge is 0.251 e. The summed E-state index contributed by atoms with van der Waals surface area (Å²) in [6.07, 6.45) is 1.74.